The van der Waals surface area contributed by atoms with Crippen molar-refractivity contribution in [1.29, 1.82) is 0 Å². The summed E-state index contributed by atoms with van der Waals surface area (Å²) >= 11 is 1.60. The average molecular weight is 373 g/mol. The average Bonchev–Trinajstić information content (AvgIpc) is 3.05. The van der Waals surface area contributed by atoms with Gasteiger partial charge in [-0.1, -0.05) is 50.0 Å². The summed E-state index contributed by atoms with van der Waals surface area (Å²) in [5, 5.41) is 4.51. The SMILES string of the molecule is [C-]#[N+]c1csc2c(-c3cc(C(C)(C)C)c4ccccc4c3C)[n+](C)cnc12. The van der Waals surface area contributed by atoms with Crippen LogP contribution in [0, 0.1) is 13.5 Å². The lowest BCUT2D eigenvalue weighted by Gasteiger charge is -2.24. The Morgan fingerprint density at radius 3 is 2.52 bits per heavy atom. The molecule has 2 heterocycles. The molecule has 0 atom stereocenters. The number of thiophene rings is 1. The molecule has 2 aromatic heterocycles. The number of rotatable bonds is 1. The first-order chi connectivity index (χ1) is 12.8. The van der Waals surface area contributed by atoms with Gasteiger partial charge in [0.15, 0.2) is 5.69 Å². The Morgan fingerprint density at radius 2 is 1.85 bits per heavy atom. The van der Waals surface area contributed by atoms with Crippen LogP contribution in [-0.2, 0) is 12.5 Å². The highest BCUT2D eigenvalue weighted by Gasteiger charge is 2.25. The van der Waals surface area contributed by atoms with Crippen LogP contribution in [0.2, 0.25) is 0 Å². The molecule has 0 saturated heterocycles. The van der Waals surface area contributed by atoms with Gasteiger partial charge in [-0.15, -0.1) is 11.3 Å². The van der Waals surface area contributed by atoms with Crippen molar-refractivity contribution >= 4 is 38.0 Å². The van der Waals surface area contributed by atoms with E-state index in [2.05, 4.69) is 72.4 Å². The highest BCUT2D eigenvalue weighted by atomic mass is 32.1. The Labute approximate surface area is 163 Å². The van der Waals surface area contributed by atoms with Crippen molar-refractivity contribution in [3.05, 3.63) is 64.6 Å². The second kappa shape index (κ2) is 6.14. The Balaban J connectivity index is 2.17. The molecule has 0 radical (unpaired) electrons. The number of aromatic nitrogens is 2. The molecule has 4 heteroatoms. The zero-order valence-electron chi connectivity index (χ0n) is 16.3. The molecule has 134 valence electrons. The third kappa shape index (κ3) is 2.70. The molecule has 4 aromatic rings. The fourth-order valence-corrected chi connectivity index (χ4v) is 4.80. The largest absolute Gasteiger partial charge is 0.285 e. The predicted octanol–water partition coefficient (Wildman–Crippen LogP) is 6.10. The summed E-state index contributed by atoms with van der Waals surface area (Å²) < 4.78 is 3.15. The minimum absolute atomic E-state index is 0.0316. The number of hydrogen-bond acceptors (Lipinski definition) is 2. The third-order valence-electron chi connectivity index (χ3n) is 5.17. The summed E-state index contributed by atoms with van der Waals surface area (Å²) in [4.78, 5) is 8.16. The maximum absolute atomic E-state index is 7.42. The number of fused-ring (bicyclic) bond motifs is 2. The van der Waals surface area contributed by atoms with Crippen LogP contribution < -0.4 is 4.57 Å². The molecule has 0 N–H and O–H groups in total. The molecular weight excluding hydrogens is 350 g/mol. The summed E-state index contributed by atoms with van der Waals surface area (Å²) in [7, 11) is 2.03. The van der Waals surface area contributed by atoms with E-state index in [4.69, 9.17) is 6.57 Å². The highest BCUT2D eigenvalue weighted by molar-refractivity contribution is 7.18. The standard InChI is InChI=1S/C23H22N3S/c1-14-15-9-7-8-10-16(15)18(23(2,3)4)11-17(14)21-22-20(25-13-26(21)6)19(24-5)12-27-22/h7-13H,1-4,6H3/q+1. The maximum atomic E-state index is 7.42. The van der Waals surface area contributed by atoms with Crippen molar-refractivity contribution in [2.24, 2.45) is 7.05 Å². The van der Waals surface area contributed by atoms with Crippen molar-refractivity contribution in [2.75, 3.05) is 0 Å². The lowest BCUT2D eigenvalue weighted by molar-refractivity contribution is -0.662. The Morgan fingerprint density at radius 1 is 1.15 bits per heavy atom. The summed E-state index contributed by atoms with van der Waals surface area (Å²) in [5.74, 6) is 0. The molecular formula is C23H22N3S+. The third-order valence-corrected chi connectivity index (χ3v) is 6.13. The minimum atomic E-state index is 0.0316. The zero-order chi connectivity index (χ0) is 19.3. The van der Waals surface area contributed by atoms with Crippen LogP contribution in [0.4, 0.5) is 5.69 Å². The molecule has 0 amide bonds. The van der Waals surface area contributed by atoms with E-state index < -0.39 is 0 Å². The van der Waals surface area contributed by atoms with Gasteiger partial charge in [0.1, 0.15) is 4.70 Å². The topological polar surface area (TPSA) is 21.1 Å². The number of aryl methyl sites for hydroxylation is 2. The molecule has 0 spiro atoms. The van der Waals surface area contributed by atoms with E-state index in [-0.39, 0.29) is 5.41 Å². The summed E-state index contributed by atoms with van der Waals surface area (Å²) in [6.07, 6.45) is 1.82. The molecule has 0 fully saturated rings. The summed E-state index contributed by atoms with van der Waals surface area (Å²) in [6, 6.07) is 11.0. The van der Waals surface area contributed by atoms with Crippen molar-refractivity contribution < 1.29 is 4.57 Å². The van der Waals surface area contributed by atoms with E-state index in [1.807, 2.05) is 18.8 Å². The normalized spacial score (nSPS) is 11.9. The van der Waals surface area contributed by atoms with Gasteiger partial charge in [-0.2, -0.15) is 0 Å². The van der Waals surface area contributed by atoms with Gasteiger partial charge in [0.25, 0.3) is 6.33 Å². The maximum Gasteiger partial charge on any atom is 0.285 e. The lowest BCUT2D eigenvalue weighted by atomic mass is 9.80. The Hall–Kier alpha value is -2.77. The van der Waals surface area contributed by atoms with Gasteiger partial charge in [0.2, 0.25) is 11.2 Å². The second-order valence-corrected chi connectivity index (χ2v) is 8.89. The van der Waals surface area contributed by atoms with Crippen LogP contribution in [0.25, 0.3) is 37.1 Å². The van der Waals surface area contributed by atoms with Crippen LogP contribution in [-0.4, -0.2) is 4.98 Å². The molecule has 3 nitrogen and oxygen atoms in total. The molecule has 2 aromatic carbocycles. The molecule has 0 aliphatic rings. The van der Waals surface area contributed by atoms with E-state index in [9.17, 15) is 0 Å². The van der Waals surface area contributed by atoms with Gasteiger partial charge in [-0.25, -0.2) is 9.41 Å². The van der Waals surface area contributed by atoms with E-state index in [0.29, 0.717) is 5.69 Å². The van der Waals surface area contributed by atoms with Crippen LogP contribution in [0.1, 0.15) is 31.9 Å². The van der Waals surface area contributed by atoms with E-state index in [1.165, 1.54) is 27.5 Å². The fourth-order valence-electron chi connectivity index (χ4n) is 3.78. The molecule has 4 rings (SSSR count). The summed E-state index contributed by atoms with van der Waals surface area (Å²) in [6.45, 7) is 16.4. The molecule has 0 aliphatic carbocycles. The number of nitrogens with zero attached hydrogens (tertiary/aromatic N) is 3. The summed E-state index contributed by atoms with van der Waals surface area (Å²) in [5.41, 5.74) is 6.41. The van der Waals surface area contributed by atoms with Crippen LogP contribution >= 0.6 is 11.3 Å². The number of hydrogen-bond donors (Lipinski definition) is 0. The van der Waals surface area contributed by atoms with Gasteiger partial charge >= 0.3 is 0 Å². The zero-order valence-corrected chi connectivity index (χ0v) is 17.1. The first-order valence-corrected chi connectivity index (χ1v) is 9.87. The minimum Gasteiger partial charge on any atom is -0.233 e. The molecule has 0 bridgehead atoms. The first kappa shape index (κ1) is 17.6. The molecule has 0 unspecified atom stereocenters. The smallest absolute Gasteiger partial charge is 0.233 e. The van der Waals surface area contributed by atoms with Crippen molar-refractivity contribution in [3.8, 4) is 11.3 Å². The Kier molecular flexibility index (Phi) is 4.01. The van der Waals surface area contributed by atoms with E-state index in [1.54, 1.807) is 11.3 Å². The van der Waals surface area contributed by atoms with Gasteiger partial charge in [-0.05, 0) is 40.3 Å². The van der Waals surface area contributed by atoms with Crippen LogP contribution in [0.3, 0.4) is 0 Å². The number of benzene rings is 2. The second-order valence-electron chi connectivity index (χ2n) is 8.01. The van der Waals surface area contributed by atoms with Crippen molar-refractivity contribution in [3.63, 3.8) is 0 Å². The van der Waals surface area contributed by atoms with E-state index >= 15 is 0 Å². The molecule has 0 aliphatic heterocycles. The van der Waals surface area contributed by atoms with Gasteiger partial charge in [0.05, 0.1) is 13.6 Å². The lowest BCUT2D eigenvalue weighted by Crippen LogP contribution is -2.31. The van der Waals surface area contributed by atoms with Gasteiger partial charge < -0.3 is 0 Å². The van der Waals surface area contributed by atoms with Crippen LogP contribution in [0.15, 0.2) is 42.0 Å². The van der Waals surface area contributed by atoms with E-state index in [0.717, 1.165) is 15.9 Å². The van der Waals surface area contributed by atoms with Crippen molar-refractivity contribution in [2.45, 2.75) is 33.1 Å². The first-order valence-electron chi connectivity index (χ1n) is 8.99. The van der Waals surface area contributed by atoms with Crippen LogP contribution in [0.5, 0.6) is 0 Å². The molecule has 27 heavy (non-hydrogen) atoms. The monoisotopic (exact) mass is 372 g/mol. The van der Waals surface area contributed by atoms with Gasteiger partial charge in [0, 0.05) is 10.9 Å². The fraction of sp³-hybridized carbons (Fsp3) is 0.261. The van der Waals surface area contributed by atoms with Crippen molar-refractivity contribution in [1.82, 2.24) is 4.98 Å². The molecule has 0 saturated carbocycles. The van der Waals surface area contributed by atoms with Gasteiger partial charge in [-0.3, -0.25) is 0 Å². The highest BCUT2D eigenvalue weighted by Crippen LogP contribution is 2.41. The quantitative estimate of drug-likeness (QED) is 0.292. The Bertz CT molecular complexity index is 1240. The predicted molar refractivity (Wildman–Crippen MR) is 113 cm³/mol.